The Kier molecular flexibility index (Phi) is 3.17. The predicted molar refractivity (Wildman–Crippen MR) is 68.1 cm³/mol. The Balaban J connectivity index is 1.70. The molecule has 1 atom stereocenters. The molecule has 19 heavy (non-hydrogen) atoms. The highest BCUT2D eigenvalue weighted by Gasteiger charge is 2.36. The quantitative estimate of drug-likeness (QED) is 0.906. The van der Waals surface area contributed by atoms with Gasteiger partial charge in [-0.1, -0.05) is 12.1 Å². The van der Waals surface area contributed by atoms with E-state index in [4.69, 9.17) is 0 Å². The lowest BCUT2D eigenvalue weighted by Crippen LogP contribution is -2.28. The Hall–Kier alpha value is -1.23. The molecule has 3 rings (SSSR count). The first kappa shape index (κ1) is 12.8. The number of hydrogen-bond acceptors (Lipinski definition) is 2. The van der Waals surface area contributed by atoms with Crippen LogP contribution in [0, 0.1) is 0 Å². The second-order valence-corrected chi connectivity index (χ2v) is 5.40. The number of nitrogens with one attached hydrogen (secondary N) is 1. The maximum Gasteiger partial charge on any atom is 0.418 e. The molecule has 1 aliphatic heterocycles. The number of rotatable bonds is 3. The lowest BCUT2D eigenvalue weighted by atomic mass is 10.1. The van der Waals surface area contributed by atoms with Crippen LogP contribution in [0.4, 0.5) is 18.9 Å². The predicted octanol–water partition coefficient (Wildman–Crippen LogP) is 3.35. The van der Waals surface area contributed by atoms with E-state index in [0.29, 0.717) is 6.04 Å². The summed E-state index contributed by atoms with van der Waals surface area (Å²) in [6, 6.07) is 6.54. The third kappa shape index (κ3) is 2.86. The number of likely N-dealkylation sites (tertiary alicyclic amines) is 1. The van der Waals surface area contributed by atoms with Gasteiger partial charge in [0.2, 0.25) is 0 Å². The molecule has 1 saturated heterocycles. The van der Waals surface area contributed by atoms with Crippen molar-refractivity contribution < 1.29 is 13.2 Å². The molecular weight excluding hydrogens is 253 g/mol. The van der Waals surface area contributed by atoms with Gasteiger partial charge >= 0.3 is 6.18 Å². The minimum atomic E-state index is -4.29. The van der Waals surface area contributed by atoms with Crippen molar-refractivity contribution in [1.29, 1.82) is 0 Å². The maximum absolute atomic E-state index is 12.9. The van der Waals surface area contributed by atoms with Gasteiger partial charge in [-0.15, -0.1) is 0 Å². The summed E-state index contributed by atoms with van der Waals surface area (Å²) in [5, 5.41) is 3.07. The molecule has 0 spiro atoms. The van der Waals surface area contributed by atoms with E-state index in [1.54, 1.807) is 6.07 Å². The van der Waals surface area contributed by atoms with E-state index in [-0.39, 0.29) is 11.7 Å². The molecule has 0 amide bonds. The Morgan fingerprint density at radius 1 is 1.11 bits per heavy atom. The van der Waals surface area contributed by atoms with E-state index >= 15 is 0 Å². The van der Waals surface area contributed by atoms with Gasteiger partial charge in [-0.05, 0) is 31.4 Å². The number of halogens is 3. The second-order valence-electron chi connectivity index (χ2n) is 5.40. The molecule has 5 heteroatoms. The summed E-state index contributed by atoms with van der Waals surface area (Å²) in [7, 11) is 0. The smallest absolute Gasteiger partial charge is 0.380 e. The van der Waals surface area contributed by atoms with Crippen LogP contribution in [0.15, 0.2) is 24.3 Å². The molecule has 1 heterocycles. The number of benzene rings is 1. The number of hydrogen-bond donors (Lipinski definition) is 1. The van der Waals surface area contributed by atoms with Crippen molar-refractivity contribution >= 4 is 5.69 Å². The van der Waals surface area contributed by atoms with Crippen LogP contribution in [-0.4, -0.2) is 30.1 Å². The van der Waals surface area contributed by atoms with Crippen molar-refractivity contribution in [3.63, 3.8) is 0 Å². The van der Waals surface area contributed by atoms with Crippen LogP contribution in [0.3, 0.4) is 0 Å². The lowest BCUT2D eigenvalue weighted by Gasteiger charge is -2.19. The molecule has 1 aromatic rings. The van der Waals surface area contributed by atoms with Crippen molar-refractivity contribution in [3.8, 4) is 0 Å². The van der Waals surface area contributed by atoms with E-state index in [2.05, 4.69) is 10.2 Å². The van der Waals surface area contributed by atoms with Gasteiger partial charge in [0.25, 0.3) is 0 Å². The van der Waals surface area contributed by atoms with Gasteiger partial charge in [-0.2, -0.15) is 13.2 Å². The first-order valence-electron chi connectivity index (χ1n) is 6.71. The molecule has 1 N–H and O–H groups in total. The molecule has 0 radical (unpaired) electrons. The standard InChI is InChI=1S/C14H17F3N2/c15-14(16,17)12-3-1-2-4-13(12)18-10-7-8-19(9-10)11-5-6-11/h1-4,10-11,18H,5-9H2. The fourth-order valence-corrected chi connectivity index (χ4v) is 2.75. The largest absolute Gasteiger partial charge is 0.418 e. The van der Waals surface area contributed by atoms with Gasteiger partial charge in [-0.25, -0.2) is 0 Å². The van der Waals surface area contributed by atoms with Gasteiger partial charge in [0.05, 0.1) is 5.56 Å². The van der Waals surface area contributed by atoms with Crippen molar-refractivity contribution in [1.82, 2.24) is 4.90 Å². The summed E-state index contributed by atoms with van der Waals surface area (Å²) < 4.78 is 38.7. The Morgan fingerprint density at radius 2 is 1.84 bits per heavy atom. The molecular formula is C14H17F3N2. The van der Waals surface area contributed by atoms with Crippen LogP contribution in [-0.2, 0) is 6.18 Å². The van der Waals surface area contributed by atoms with Gasteiger partial charge in [0.15, 0.2) is 0 Å². The fourth-order valence-electron chi connectivity index (χ4n) is 2.75. The topological polar surface area (TPSA) is 15.3 Å². The normalized spacial score (nSPS) is 24.7. The highest BCUT2D eigenvalue weighted by atomic mass is 19.4. The maximum atomic E-state index is 12.9. The molecule has 1 aromatic carbocycles. The molecule has 1 aliphatic carbocycles. The SMILES string of the molecule is FC(F)(F)c1ccccc1NC1CCN(C2CC2)C1. The average Bonchev–Trinajstić information content (AvgIpc) is 3.10. The minimum absolute atomic E-state index is 0.129. The fraction of sp³-hybridized carbons (Fsp3) is 0.571. The zero-order chi connectivity index (χ0) is 13.5. The van der Waals surface area contributed by atoms with Crippen LogP contribution < -0.4 is 5.32 Å². The van der Waals surface area contributed by atoms with Crippen molar-refractivity contribution in [3.05, 3.63) is 29.8 Å². The first-order chi connectivity index (χ1) is 9.04. The highest BCUT2D eigenvalue weighted by Crippen LogP contribution is 2.36. The Labute approximate surface area is 110 Å². The van der Waals surface area contributed by atoms with Gasteiger partial charge in [-0.3, -0.25) is 4.90 Å². The number of alkyl halides is 3. The molecule has 0 bridgehead atoms. The van der Waals surface area contributed by atoms with Gasteiger partial charge < -0.3 is 5.32 Å². The minimum Gasteiger partial charge on any atom is -0.380 e. The molecule has 0 aromatic heterocycles. The first-order valence-corrected chi connectivity index (χ1v) is 6.71. The number of nitrogens with zero attached hydrogens (tertiary/aromatic N) is 1. The van der Waals surface area contributed by atoms with Gasteiger partial charge in [0.1, 0.15) is 0 Å². The van der Waals surface area contributed by atoms with Crippen molar-refractivity contribution in [2.45, 2.75) is 37.5 Å². The zero-order valence-electron chi connectivity index (χ0n) is 10.6. The van der Waals surface area contributed by atoms with E-state index < -0.39 is 11.7 Å². The van der Waals surface area contributed by atoms with Crippen molar-refractivity contribution in [2.75, 3.05) is 18.4 Å². The summed E-state index contributed by atoms with van der Waals surface area (Å²) in [6.45, 7) is 1.85. The summed E-state index contributed by atoms with van der Waals surface area (Å²) in [6.07, 6.45) is -0.890. The summed E-state index contributed by atoms with van der Waals surface area (Å²) in [4.78, 5) is 2.38. The van der Waals surface area contributed by atoms with Crippen LogP contribution in [0.2, 0.25) is 0 Å². The third-order valence-electron chi connectivity index (χ3n) is 3.88. The molecule has 1 unspecified atom stereocenters. The third-order valence-corrected chi connectivity index (χ3v) is 3.88. The number of para-hydroxylation sites is 1. The lowest BCUT2D eigenvalue weighted by molar-refractivity contribution is -0.137. The Bertz CT molecular complexity index is 454. The van der Waals surface area contributed by atoms with E-state index in [9.17, 15) is 13.2 Å². The van der Waals surface area contributed by atoms with E-state index in [1.165, 1.54) is 25.0 Å². The summed E-state index contributed by atoms with van der Waals surface area (Å²) in [5.41, 5.74) is -0.363. The molecule has 2 aliphatic rings. The van der Waals surface area contributed by atoms with Crippen LogP contribution in [0.25, 0.3) is 0 Å². The molecule has 1 saturated carbocycles. The number of anilines is 1. The average molecular weight is 270 g/mol. The molecule has 104 valence electrons. The molecule has 2 nitrogen and oxygen atoms in total. The zero-order valence-corrected chi connectivity index (χ0v) is 10.6. The second kappa shape index (κ2) is 4.71. The van der Waals surface area contributed by atoms with Gasteiger partial charge in [0, 0.05) is 30.9 Å². The monoisotopic (exact) mass is 270 g/mol. The van der Waals surface area contributed by atoms with E-state index in [0.717, 1.165) is 25.6 Å². The Morgan fingerprint density at radius 3 is 2.53 bits per heavy atom. The summed E-state index contributed by atoms with van der Waals surface area (Å²) >= 11 is 0. The van der Waals surface area contributed by atoms with Crippen LogP contribution in [0.5, 0.6) is 0 Å². The van der Waals surface area contributed by atoms with E-state index in [1.807, 2.05) is 0 Å². The van der Waals surface area contributed by atoms with Crippen LogP contribution in [0.1, 0.15) is 24.8 Å². The van der Waals surface area contributed by atoms with Crippen LogP contribution >= 0.6 is 0 Å². The highest BCUT2D eigenvalue weighted by molar-refractivity contribution is 5.53. The summed E-state index contributed by atoms with van der Waals surface area (Å²) in [5.74, 6) is 0. The van der Waals surface area contributed by atoms with Crippen molar-refractivity contribution in [2.24, 2.45) is 0 Å². The molecule has 2 fully saturated rings.